The highest BCUT2D eigenvalue weighted by molar-refractivity contribution is 5.93. The number of carbonyl (C=O) groups excluding carboxylic acids is 1. The Balaban J connectivity index is 0.00000261. The molecule has 0 aliphatic carbocycles. The van der Waals surface area contributed by atoms with E-state index in [0.717, 1.165) is 12.1 Å². The van der Waals surface area contributed by atoms with Gasteiger partial charge in [0, 0.05) is 6.04 Å². The summed E-state index contributed by atoms with van der Waals surface area (Å²) in [5.41, 5.74) is -2.70. The number of rotatable bonds is 3. The molecule has 1 aromatic heterocycles. The number of alkyl halides is 3. The van der Waals surface area contributed by atoms with Crippen LogP contribution in [0.2, 0.25) is 0 Å². The fraction of sp³-hybridized carbons (Fsp3) is 0.438. The summed E-state index contributed by atoms with van der Waals surface area (Å²) in [6.45, 7) is 3.19. The topological polar surface area (TPSA) is 71.8 Å². The monoisotopic (exact) mass is 407 g/mol. The largest absolute Gasteiger partial charge is 0.435 e. The molecule has 2 atom stereocenters. The maximum atomic E-state index is 13.9. The number of piperidine rings is 1. The number of halogens is 5. The molecule has 2 aromatic rings. The molecule has 0 saturated carbocycles. The van der Waals surface area contributed by atoms with E-state index in [1.54, 1.807) is 0 Å². The van der Waals surface area contributed by atoms with Crippen molar-refractivity contribution in [2.45, 2.75) is 25.6 Å². The lowest BCUT2D eigenvalue weighted by Gasteiger charge is -2.30. The number of benzene rings is 1. The van der Waals surface area contributed by atoms with Crippen molar-refractivity contribution in [2.75, 3.05) is 13.1 Å². The second kappa shape index (κ2) is 8.22. The van der Waals surface area contributed by atoms with E-state index >= 15 is 0 Å². The van der Waals surface area contributed by atoms with E-state index in [-0.39, 0.29) is 24.4 Å². The van der Waals surface area contributed by atoms with Crippen LogP contribution < -0.4 is 10.6 Å². The number of hydrogen-bond acceptors (Lipinski definition) is 4. The van der Waals surface area contributed by atoms with Crippen molar-refractivity contribution in [3.63, 3.8) is 0 Å². The quantitative estimate of drug-likeness (QED) is 0.767. The van der Waals surface area contributed by atoms with E-state index in [2.05, 4.69) is 20.9 Å². The third-order valence-corrected chi connectivity index (χ3v) is 4.34. The Kier molecular flexibility index (Phi) is 6.42. The SMILES string of the molecule is CC1CNCCC1NC(=O)c1nnn(-c2ccccc2F)c1C(F)(F)F.Cl. The molecule has 6 nitrogen and oxygen atoms in total. The molecule has 0 bridgehead atoms. The zero-order valence-electron chi connectivity index (χ0n) is 14.3. The average Bonchev–Trinajstić information content (AvgIpc) is 3.02. The molecule has 148 valence electrons. The van der Waals surface area contributed by atoms with Crippen LogP contribution in [0.1, 0.15) is 29.5 Å². The summed E-state index contributed by atoms with van der Waals surface area (Å²) in [7, 11) is 0. The summed E-state index contributed by atoms with van der Waals surface area (Å²) in [5, 5.41) is 12.5. The highest BCUT2D eigenvalue weighted by atomic mass is 35.5. The Morgan fingerprint density at radius 2 is 2.04 bits per heavy atom. The van der Waals surface area contributed by atoms with Crippen molar-refractivity contribution in [3.8, 4) is 5.69 Å². The smallest absolute Gasteiger partial charge is 0.347 e. The van der Waals surface area contributed by atoms with Gasteiger partial charge in [-0.3, -0.25) is 4.79 Å². The predicted octanol–water partition coefficient (Wildman–Crippen LogP) is 2.57. The number of carbonyl (C=O) groups is 1. The van der Waals surface area contributed by atoms with Gasteiger partial charge in [0.25, 0.3) is 5.91 Å². The molecule has 2 N–H and O–H groups in total. The minimum atomic E-state index is -4.93. The van der Waals surface area contributed by atoms with Gasteiger partial charge >= 0.3 is 6.18 Å². The molecule has 1 saturated heterocycles. The van der Waals surface area contributed by atoms with Crippen LogP contribution in [0.3, 0.4) is 0 Å². The molecule has 1 aliphatic rings. The molecular weight excluding hydrogens is 390 g/mol. The third kappa shape index (κ3) is 4.38. The van der Waals surface area contributed by atoms with Crippen LogP contribution in [-0.2, 0) is 6.18 Å². The predicted molar refractivity (Wildman–Crippen MR) is 91.5 cm³/mol. The van der Waals surface area contributed by atoms with Gasteiger partial charge < -0.3 is 10.6 Å². The molecule has 0 radical (unpaired) electrons. The summed E-state index contributed by atoms with van der Waals surface area (Å²) in [6, 6.07) is 4.58. The van der Waals surface area contributed by atoms with Crippen molar-refractivity contribution >= 4 is 18.3 Å². The van der Waals surface area contributed by atoms with Crippen LogP contribution in [0.4, 0.5) is 17.6 Å². The third-order valence-electron chi connectivity index (χ3n) is 4.34. The molecular formula is C16H18ClF4N5O. The van der Waals surface area contributed by atoms with Gasteiger partial charge in [0.2, 0.25) is 0 Å². The van der Waals surface area contributed by atoms with Crippen molar-refractivity contribution < 1.29 is 22.4 Å². The zero-order valence-corrected chi connectivity index (χ0v) is 15.1. The fourth-order valence-electron chi connectivity index (χ4n) is 2.95. The van der Waals surface area contributed by atoms with Crippen molar-refractivity contribution in [1.82, 2.24) is 25.6 Å². The fourth-order valence-corrected chi connectivity index (χ4v) is 2.95. The number of nitrogens with one attached hydrogen (secondary N) is 2. The van der Waals surface area contributed by atoms with Gasteiger partial charge in [0.15, 0.2) is 11.4 Å². The number of para-hydroxylation sites is 1. The van der Waals surface area contributed by atoms with Crippen LogP contribution in [0.25, 0.3) is 5.69 Å². The summed E-state index contributed by atoms with van der Waals surface area (Å²) in [6.07, 6.45) is -4.34. The van der Waals surface area contributed by atoms with Crippen molar-refractivity contribution in [1.29, 1.82) is 0 Å². The first kappa shape index (κ1) is 21.1. The Hall–Kier alpha value is -2.20. The van der Waals surface area contributed by atoms with E-state index < -0.39 is 35.0 Å². The summed E-state index contributed by atoms with van der Waals surface area (Å²) < 4.78 is 54.9. The Morgan fingerprint density at radius 1 is 1.33 bits per heavy atom. The first-order valence-electron chi connectivity index (χ1n) is 8.08. The van der Waals surface area contributed by atoms with Gasteiger partial charge in [-0.15, -0.1) is 17.5 Å². The van der Waals surface area contributed by atoms with E-state index in [4.69, 9.17) is 0 Å². The van der Waals surface area contributed by atoms with Crippen LogP contribution in [-0.4, -0.2) is 40.0 Å². The van der Waals surface area contributed by atoms with Crippen molar-refractivity contribution in [3.05, 3.63) is 41.5 Å². The summed E-state index contributed by atoms with van der Waals surface area (Å²) in [5.74, 6) is -1.82. The van der Waals surface area contributed by atoms with Gasteiger partial charge in [-0.1, -0.05) is 24.3 Å². The lowest BCUT2D eigenvalue weighted by atomic mass is 9.95. The van der Waals surface area contributed by atoms with Crippen LogP contribution >= 0.6 is 12.4 Å². The van der Waals surface area contributed by atoms with Gasteiger partial charge in [0.05, 0.1) is 0 Å². The molecule has 3 rings (SSSR count). The highest BCUT2D eigenvalue weighted by Gasteiger charge is 2.42. The Labute approximate surface area is 158 Å². The first-order valence-corrected chi connectivity index (χ1v) is 8.08. The minimum Gasteiger partial charge on any atom is -0.347 e. The molecule has 27 heavy (non-hydrogen) atoms. The maximum absolute atomic E-state index is 13.9. The Morgan fingerprint density at radius 3 is 2.67 bits per heavy atom. The van der Waals surface area contributed by atoms with Gasteiger partial charge in [-0.2, -0.15) is 13.2 Å². The Bertz CT molecular complexity index is 810. The molecule has 1 aliphatic heterocycles. The van der Waals surface area contributed by atoms with Gasteiger partial charge in [0.1, 0.15) is 11.5 Å². The lowest BCUT2D eigenvalue weighted by molar-refractivity contribution is -0.143. The van der Waals surface area contributed by atoms with Crippen LogP contribution in [0.5, 0.6) is 0 Å². The van der Waals surface area contributed by atoms with Gasteiger partial charge in [-0.05, 0) is 37.6 Å². The van der Waals surface area contributed by atoms with Gasteiger partial charge in [-0.25, -0.2) is 9.07 Å². The number of aromatic nitrogens is 3. The molecule has 1 amide bonds. The van der Waals surface area contributed by atoms with Crippen molar-refractivity contribution in [2.24, 2.45) is 5.92 Å². The van der Waals surface area contributed by atoms with Crippen LogP contribution in [0, 0.1) is 11.7 Å². The first-order chi connectivity index (χ1) is 12.3. The summed E-state index contributed by atoms with van der Waals surface area (Å²) in [4.78, 5) is 12.4. The highest BCUT2D eigenvalue weighted by Crippen LogP contribution is 2.33. The molecule has 2 heterocycles. The second-order valence-electron chi connectivity index (χ2n) is 6.20. The molecule has 2 unspecified atom stereocenters. The van der Waals surface area contributed by atoms with E-state index in [0.29, 0.717) is 24.2 Å². The number of hydrogen-bond donors (Lipinski definition) is 2. The maximum Gasteiger partial charge on any atom is 0.435 e. The average molecular weight is 408 g/mol. The molecule has 1 aromatic carbocycles. The molecule has 0 spiro atoms. The molecule has 11 heteroatoms. The number of nitrogens with zero attached hydrogens (tertiary/aromatic N) is 3. The van der Waals surface area contributed by atoms with E-state index in [9.17, 15) is 22.4 Å². The standard InChI is InChI=1S/C16H17F4N5O.ClH/c1-9-8-21-7-6-11(9)22-15(26)13-14(16(18,19)20)25(24-23-13)12-5-3-2-4-10(12)17;/h2-5,9,11,21H,6-8H2,1H3,(H,22,26);1H. The zero-order chi connectivity index (χ0) is 18.9. The van der Waals surface area contributed by atoms with Crippen LogP contribution in [0.15, 0.2) is 24.3 Å². The normalized spacial score (nSPS) is 20.0. The number of amides is 1. The summed E-state index contributed by atoms with van der Waals surface area (Å²) >= 11 is 0. The second-order valence-corrected chi connectivity index (χ2v) is 6.20. The van der Waals surface area contributed by atoms with E-state index in [1.165, 1.54) is 12.1 Å². The van der Waals surface area contributed by atoms with E-state index in [1.807, 2.05) is 6.92 Å². The lowest BCUT2D eigenvalue weighted by Crippen LogP contribution is -2.48. The molecule has 1 fully saturated rings. The minimum absolute atomic E-state index is 0.